The van der Waals surface area contributed by atoms with Crippen molar-refractivity contribution in [3.05, 3.63) is 48.5 Å². The number of imidazole rings is 1. The summed E-state index contributed by atoms with van der Waals surface area (Å²) in [5.74, 6) is -0.243. The van der Waals surface area contributed by atoms with Crippen molar-refractivity contribution >= 4 is 32.7 Å². The van der Waals surface area contributed by atoms with E-state index in [4.69, 9.17) is 9.47 Å². The number of carbonyl (C=O) groups excluding carboxylic acids is 1. The summed E-state index contributed by atoms with van der Waals surface area (Å²) < 4.78 is 36.0. The Morgan fingerprint density at radius 2 is 2.00 bits per heavy atom. The molecule has 1 aromatic carbocycles. The topological polar surface area (TPSA) is 146 Å². The van der Waals surface area contributed by atoms with Gasteiger partial charge in [0, 0.05) is 18.9 Å². The summed E-state index contributed by atoms with van der Waals surface area (Å²) in [5.41, 5.74) is 1.17. The lowest BCUT2D eigenvalue weighted by molar-refractivity contribution is -0.0496. The lowest BCUT2D eigenvalue weighted by Gasteiger charge is -2.19. The molecule has 32 heavy (non-hydrogen) atoms. The molecule has 12 heteroatoms. The zero-order valence-corrected chi connectivity index (χ0v) is 18.3. The molecule has 1 aliphatic rings. The highest BCUT2D eigenvalue weighted by Crippen LogP contribution is 2.35. The van der Waals surface area contributed by atoms with Gasteiger partial charge >= 0.3 is 0 Å². The maximum absolute atomic E-state index is 12.5. The fraction of sp³-hybridized carbons (Fsp3) is 0.400. The number of methoxy groups -OCH3 is 1. The number of nitrogens with zero attached hydrogens (tertiary/aromatic N) is 4. The molecule has 0 aliphatic carbocycles. The lowest BCUT2D eigenvalue weighted by atomic mass is 10.1. The van der Waals surface area contributed by atoms with Crippen molar-refractivity contribution in [1.82, 2.24) is 19.5 Å². The van der Waals surface area contributed by atoms with Crippen molar-refractivity contribution in [2.24, 2.45) is 0 Å². The van der Waals surface area contributed by atoms with Crippen LogP contribution in [0.25, 0.3) is 11.2 Å². The number of hydrogen-bond donors (Lipinski definition) is 2. The predicted molar refractivity (Wildman–Crippen MR) is 115 cm³/mol. The minimum atomic E-state index is -3.22. The monoisotopic (exact) mass is 461 g/mol. The minimum Gasteiger partial charge on any atom is -0.388 e. The molecule has 170 valence electrons. The highest BCUT2D eigenvalue weighted by molar-refractivity contribution is 7.90. The Kier molecular flexibility index (Phi) is 6.20. The Morgan fingerprint density at radius 3 is 2.69 bits per heavy atom. The number of rotatable bonds is 7. The first-order chi connectivity index (χ1) is 15.3. The molecule has 0 radical (unpaired) electrons. The molecule has 1 aliphatic heterocycles. The number of carbonyl (C=O) groups is 1. The number of nitrogens with one attached hydrogen (secondary N) is 1. The van der Waals surface area contributed by atoms with Gasteiger partial charge in [0.15, 0.2) is 23.2 Å². The van der Waals surface area contributed by atoms with Gasteiger partial charge in [-0.2, -0.15) is 0 Å². The van der Waals surface area contributed by atoms with Crippen molar-refractivity contribution in [3.63, 3.8) is 0 Å². The van der Waals surface area contributed by atoms with E-state index in [1.54, 1.807) is 28.8 Å². The van der Waals surface area contributed by atoms with Crippen LogP contribution in [-0.2, 0) is 19.3 Å². The maximum Gasteiger partial charge on any atom is 0.256 e. The van der Waals surface area contributed by atoms with Gasteiger partial charge in [-0.25, -0.2) is 23.4 Å². The van der Waals surface area contributed by atoms with Crippen molar-refractivity contribution in [2.75, 3.05) is 24.4 Å². The summed E-state index contributed by atoms with van der Waals surface area (Å²) in [6, 6.07) is 8.69. The fourth-order valence-corrected chi connectivity index (χ4v) is 4.33. The van der Waals surface area contributed by atoms with Crippen LogP contribution in [0.5, 0.6) is 0 Å². The van der Waals surface area contributed by atoms with Gasteiger partial charge in [0.05, 0.1) is 18.2 Å². The van der Waals surface area contributed by atoms with Crippen LogP contribution in [0.1, 0.15) is 23.0 Å². The molecule has 3 aromatic rings. The van der Waals surface area contributed by atoms with E-state index in [1.165, 1.54) is 19.8 Å². The van der Waals surface area contributed by atoms with Crippen LogP contribution in [0.3, 0.4) is 0 Å². The van der Waals surface area contributed by atoms with Gasteiger partial charge < -0.3 is 19.9 Å². The van der Waals surface area contributed by atoms with Crippen LogP contribution in [-0.4, -0.2) is 76.4 Å². The van der Waals surface area contributed by atoms with E-state index in [1.807, 2.05) is 6.07 Å². The Labute approximate surface area is 184 Å². The molecule has 2 aromatic heterocycles. The van der Waals surface area contributed by atoms with Gasteiger partial charge in [0.2, 0.25) is 0 Å². The van der Waals surface area contributed by atoms with E-state index in [-0.39, 0.29) is 23.9 Å². The van der Waals surface area contributed by atoms with Gasteiger partial charge in [-0.1, -0.05) is 18.2 Å². The van der Waals surface area contributed by atoms with Crippen LogP contribution in [0.2, 0.25) is 0 Å². The van der Waals surface area contributed by atoms with Gasteiger partial charge in [0.25, 0.3) is 5.91 Å². The number of benzene rings is 1. The zero-order valence-electron chi connectivity index (χ0n) is 17.5. The molecule has 4 rings (SSSR count). The molecule has 11 nitrogen and oxygen atoms in total. The third kappa shape index (κ3) is 4.48. The van der Waals surface area contributed by atoms with E-state index < -0.39 is 34.4 Å². The van der Waals surface area contributed by atoms with Crippen LogP contribution in [0.15, 0.2) is 43.0 Å². The molecule has 0 saturated carbocycles. The molecule has 0 bridgehead atoms. The first-order valence-electron chi connectivity index (χ1n) is 9.86. The van der Waals surface area contributed by atoms with E-state index >= 15 is 0 Å². The highest BCUT2D eigenvalue weighted by atomic mass is 32.2. The SMILES string of the molecule is CO[C@@H]1[C@H](O)[C@@H](CCS(C)(=O)=O)O[C@H]1n1cnc2c(NC(=O)c3ccccc3)ncnc21. The second-order valence-corrected chi connectivity index (χ2v) is 9.80. The van der Waals surface area contributed by atoms with Crippen molar-refractivity contribution in [1.29, 1.82) is 0 Å². The van der Waals surface area contributed by atoms with Crippen molar-refractivity contribution in [2.45, 2.75) is 31.0 Å². The minimum absolute atomic E-state index is 0.121. The fourth-order valence-electron chi connectivity index (χ4n) is 3.66. The molecule has 1 saturated heterocycles. The maximum atomic E-state index is 12.5. The predicted octanol–water partition coefficient (Wildman–Crippen LogP) is 0.787. The van der Waals surface area contributed by atoms with Crippen LogP contribution in [0, 0.1) is 0 Å². The molecule has 0 spiro atoms. The van der Waals surface area contributed by atoms with Gasteiger partial charge in [-0.15, -0.1) is 0 Å². The first-order valence-corrected chi connectivity index (χ1v) is 11.9. The number of aliphatic hydroxyl groups is 1. The summed E-state index contributed by atoms with van der Waals surface area (Å²) in [6.45, 7) is 0. The highest BCUT2D eigenvalue weighted by Gasteiger charge is 2.45. The number of ether oxygens (including phenoxy) is 2. The quantitative estimate of drug-likeness (QED) is 0.521. The Hall–Kier alpha value is -2.93. The average Bonchev–Trinajstić information content (AvgIpc) is 3.33. The third-order valence-electron chi connectivity index (χ3n) is 5.26. The Morgan fingerprint density at radius 1 is 1.25 bits per heavy atom. The van der Waals surface area contributed by atoms with Gasteiger partial charge in [-0.05, 0) is 18.6 Å². The zero-order chi connectivity index (χ0) is 22.9. The lowest BCUT2D eigenvalue weighted by Crippen LogP contribution is -2.34. The molecule has 4 atom stereocenters. The van der Waals surface area contributed by atoms with E-state index in [0.717, 1.165) is 6.26 Å². The summed E-state index contributed by atoms with van der Waals surface area (Å²) in [4.78, 5) is 25.2. The molecular formula is C20H23N5O6S. The number of fused-ring (bicyclic) bond motifs is 1. The molecule has 2 N–H and O–H groups in total. The number of aromatic nitrogens is 4. The third-order valence-corrected chi connectivity index (χ3v) is 6.24. The van der Waals surface area contributed by atoms with E-state index in [9.17, 15) is 18.3 Å². The number of aliphatic hydroxyl groups excluding tert-OH is 1. The number of amides is 1. The summed E-state index contributed by atoms with van der Waals surface area (Å²) >= 11 is 0. The normalized spacial score (nSPS) is 23.5. The van der Waals surface area contributed by atoms with E-state index in [2.05, 4.69) is 20.3 Å². The van der Waals surface area contributed by atoms with Crippen LogP contribution in [0.4, 0.5) is 5.82 Å². The Balaban J connectivity index is 1.61. The summed E-state index contributed by atoms with van der Waals surface area (Å²) in [5, 5.41) is 13.3. The molecule has 0 unspecified atom stereocenters. The number of anilines is 1. The largest absolute Gasteiger partial charge is 0.388 e. The molecule has 3 heterocycles. The standard InChI is InChI=1S/C20H23N5O6S/c1-30-16-15(26)13(8-9-32(2,28)29)31-20(16)25-11-23-14-17(21-10-22-18(14)25)24-19(27)12-6-4-3-5-7-12/h3-7,10-11,13,15-16,20,26H,8-9H2,1-2H3,(H,21,22,24,27)/t13-,15-,16-,20-/m1/s1. The Bertz CT molecular complexity index is 1220. The van der Waals surface area contributed by atoms with Crippen molar-refractivity contribution in [3.8, 4) is 0 Å². The van der Waals surface area contributed by atoms with Crippen LogP contribution >= 0.6 is 0 Å². The second kappa shape index (κ2) is 8.90. The number of sulfone groups is 1. The molecule has 1 amide bonds. The summed E-state index contributed by atoms with van der Waals surface area (Å²) in [7, 11) is -1.78. The van der Waals surface area contributed by atoms with Gasteiger partial charge in [-0.3, -0.25) is 9.36 Å². The van der Waals surface area contributed by atoms with E-state index in [0.29, 0.717) is 16.7 Å². The smallest absolute Gasteiger partial charge is 0.256 e. The molecular weight excluding hydrogens is 438 g/mol. The van der Waals surface area contributed by atoms with Gasteiger partial charge in [0.1, 0.15) is 28.4 Å². The molecule has 1 fully saturated rings. The first kappa shape index (κ1) is 22.3. The average molecular weight is 462 g/mol. The van der Waals surface area contributed by atoms with Crippen LogP contribution < -0.4 is 5.32 Å². The summed E-state index contributed by atoms with van der Waals surface area (Å²) in [6.07, 6.45) is 0.655. The van der Waals surface area contributed by atoms with Crippen molar-refractivity contribution < 1.29 is 27.8 Å². The second-order valence-electron chi connectivity index (χ2n) is 7.54. The number of hydrogen-bond acceptors (Lipinski definition) is 9.